The first-order chi connectivity index (χ1) is 16.4. The lowest BCUT2D eigenvalue weighted by Gasteiger charge is -2.35. The van der Waals surface area contributed by atoms with Crippen LogP contribution in [0.25, 0.3) is 11.1 Å². The molecule has 2 aliphatic carbocycles. The number of alkyl carbamates (subject to hydrolysis) is 1. The van der Waals surface area contributed by atoms with Crippen LogP contribution in [0.1, 0.15) is 62.5 Å². The maximum atomic E-state index is 12.4. The normalized spacial score (nSPS) is 19.3. The van der Waals surface area contributed by atoms with Gasteiger partial charge in [0.05, 0.1) is 0 Å². The van der Waals surface area contributed by atoms with Crippen molar-refractivity contribution in [3.63, 3.8) is 0 Å². The van der Waals surface area contributed by atoms with E-state index in [9.17, 15) is 14.4 Å². The number of ether oxygens (including phenoxy) is 1. The van der Waals surface area contributed by atoms with Gasteiger partial charge in [-0.15, -0.1) is 0 Å². The van der Waals surface area contributed by atoms with Crippen molar-refractivity contribution in [3.05, 3.63) is 59.7 Å². The van der Waals surface area contributed by atoms with Crippen molar-refractivity contribution in [2.75, 3.05) is 6.61 Å². The van der Waals surface area contributed by atoms with Crippen molar-refractivity contribution in [2.45, 2.75) is 63.5 Å². The second kappa shape index (κ2) is 10.7. The molecule has 0 spiro atoms. The van der Waals surface area contributed by atoms with Crippen LogP contribution in [0.3, 0.4) is 0 Å². The van der Waals surface area contributed by atoms with Crippen LogP contribution in [0.15, 0.2) is 48.5 Å². The van der Waals surface area contributed by atoms with Crippen LogP contribution < -0.4 is 10.6 Å². The lowest BCUT2D eigenvalue weighted by molar-refractivity contribution is -0.137. The van der Waals surface area contributed by atoms with Crippen LogP contribution in [0.4, 0.5) is 4.79 Å². The van der Waals surface area contributed by atoms with Crippen molar-refractivity contribution in [1.29, 1.82) is 0 Å². The predicted octanol–water partition coefficient (Wildman–Crippen LogP) is 4.45. The maximum absolute atomic E-state index is 12.4. The van der Waals surface area contributed by atoms with Gasteiger partial charge in [-0.3, -0.25) is 9.59 Å². The van der Waals surface area contributed by atoms with E-state index in [4.69, 9.17) is 9.84 Å². The minimum atomic E-state index is -0.853. The van der Waals surface area contributed by atoms with Gasteiger partial charge in [-0.2, -0.15) is 0 Å². The largest absolute Gasteiger partial charge is 0.481 e. The number of hydrogen-bond donors (Lipinski definition) is 3. The molecule has 2 aromatic carbocycles. The number of amides is 2. The molecular formula is C27H32N2O5. The first kappa shape index (κ1) is 23.8. The lowest BCUT2D eigenvalue weighted by Crippen LogP contribution is -2.46. The monoisotopic (exact) mass is 464 g/mol. The smallest absolute Gasteiger partial charge is 0.407 e. The Kier molecular flexibility index (Phi) is 7.50. The first-order valence-corrected chi connectivity index (χ1v) is 12.1. The van der Waals surface area contributed by atoms with Crippen molar-refractivity contribution in [2.24, 2.45) is 5.92 Å². The second-order valence-corrected chi connectivity index (χ2v) is 9.31. The summed E-state index contributed by atoms with van der Waals surface area (Å²) in [6.07, 6.45) is 2.65. The van der Waals surface area contributed by atoms with Crippen molar-refractivity contribution >= 4 is 18.0 Å². The van der Waals surface area contributed by atoms with Crippen molar-refractivity contribution in [3.8, 4) is 11.1 Å². The van der Waals surface area contributed by atoms with Crippen molar-refractivity contribution in [1.82, 2.24) is 10.6 Å². The van der Waals surface area contributed by atoms with Crippen LogP contribution in [0, 0.1) is 5.92 Å². The Morgan fingerprint density at radius 1 is 1.03 bits per heavy atom. The molecule has 3 N–H and O–H groups in total. The third-order valence-corrected chi connectivity index (χ3v) is 6.94. The van der Waals surface area contributed by atoms with Gasteiger partial charge in [0, 0.05) is 30.8 Å². The molecule has 1 fully saturated rings. The van der Waals surface area contributed by atoms with E-state index in [2.05, 4.69) is 34.9 Å². The van der Waals surface area contributed by atoms with Gasteiger partial charge in [-0.05, 0) is 53.9 Å². The molecule has 0 saturated heterocycles. The van der Waals surface area contributed by atoms with Gasteiger partial charge in [-0.1, -0.05) is 55.5 Å². The van der Waals surface area contributed by atoms with Crippen LogP contribution in [-0.4, -0.2) is 41.8 Å². The maximum Gasteiger partial charge on any atom is 0.407 e. The fourth-order valence-electron chi connectivity index (χ4n) is 5.05. The Balaban J connectivity index is 1.19. The Morgan fingerprint density at radius 2 is 1.65 bits per heavy atom. The van der Waals surface area contributed by atoms with Crippen LogP contribution >= 0.6 is 0 Å². The predicted molar refractivity (Wildman–Crippen MR) is 128 cm³/mol. The third-order valence-electron chi connectivity index (χ3n) is 6.94. The average molecular weight is 465 g/mol. The van der Waals surface area contributed by atoms with E-state index in [-0.39, 0.29) is 42.9 Å². The molecule has 0 aliphatic heterocycles. The first-order valence-electron chi connectivity index (χ1n) is 12.1. The summed E-state index contributed by atoms with van der Waals surface area (Å²) in [4.78, 5) is 35.4. The van der Waals surface area contributed by atoms with Crippen molar-refractivity contribution < 1.29 is 24.2 Å². The minimum absolute atomic E-state index is 0.0161. The Hall–Kier alpha value is -3.35. The summed E-state index contributed by atoms with van der Waals surface area (Å²) in [5.74, 6) is -0.657. The number of carbonyl (C=O) groups is 3. The van der Waals surface area contributed by atoms with Crippen LogP contribution in [0.5, 0.6) is 0 Å². The van der Waals surface area contributed by atoms with Gasteiger partial charge in [0.2, 0.25) is 5.91 Å². The highest BCUT2D eigenvalue weighted by Gasteiger charge is 2.33. The molecule has 4 rings (SSSR count). The zero-order chi connectivity index (χ0) is 24.1. The number of carboxylic acid groups (broad SMARTS) is 1. The lowest BCUT2D eigenvalue weighted by atomic mass is 9.78. The molecule has 7 nitrogen and oxygen atoms in total. The topological polar surface area (TPSA) is 105 Å². The van der Waals surface area contributed by atoms with Gasteiger partial charge < -0.3 is 20.5 Å². The van der Waals surface area contributed by atoms with E-state index in [1.807, 2.05) is 31.2 Å². The summed E-state index contributed by atoms with van der Waals surface area (Å²) in [7, 11) is 0. The fraction of sp³-hybridized carbons (Fsp3) is 0.444. The minimum Gasteiger partial charge on any atom is -0.481 e. The zero-order valence-electron chi connectivity index (χ0n) is 19.5. The number of nitrogens with one attached hydrogen (secondary N) is 2. The van der Waals surface area contributed by atoms with Gasteiger partial charge in [0.1, 0.15) is 6.61 Å². The SMILES string of the molecule is CCC(CCC(=O)O)NC(=O)CC1CC(NC(=O)OCC2c3ccccc3-c3ccccc32)C1. The molecule has 1 saturated carbocycles. The van der Waals surface area contributed by atoms with Crippen LogP contribution in [-0.2, 0) is 14.3 Å². The quantitative estimate of drug-likeness (QED) is 0.482. The van der Waals surface area contributed by atoms with E-state index in [0.29, 0.717) is 19.3 Å². The molecule has 0 aromatic heterocycles. The number of carboxylic acids is 1. The Bertz CT molecular complexity index is 1000. The highest BCUT2D eigenvalue weighted by Crippen LogP contribution is 2.44. The number of hydrogen-bond acceptors (Lipinski definition) is 4. The molecule has 0 radical (unpaired) electrons. The molecule has 7 heteroatoms. The van der Waals surface area contributed by atoms with E-state index in [1.54, 1.807) is 0 Å². The summed E-state index contributed by atoms with van der Waals surface area (Å²) < 4.78 is 5.60. The molecule has 2 aromatic rings. The number of fused-ring (bicyclic) bond motifs is 3. The summed E-state index contributed by atoms with van der Waals surface area (Å²) in [5.41, 5.74) is 4.75. The average Bonchev–Trinajstić information content (AvgIpc) is 3.12. The van der Waals surface area contributed by atoms with E-state index < -0.39 is 12.1 Å². The number of rotatable bonds is 10. The van der Waals surface area contributed by atoms with Gasteiger partial charge >= 0.3 is 12.1 Å². The van der Waals surface area contributed by atoms with E-state index in [0.717, 1.165) is 12.8 Å². The molecular weight excluding hydrogens is 432 g/mol. The van der Waals surface area contributed by atoms with Gasteiger partial charge in [0.15, 0.2) is 0 Å². The molecule has 0 bridgehead atoms. The molecule has 1 atom stereocenters. The summed E-state index contributed by atoms with van der Waals surface area (Å²) >= 11 is 0. The second-order valence-electron chi connectivity index (χ2n) is 9.31. The molecule has 2 amide bonds. The molecule has 0 heterocycles. The number of benzene rings is 2. The van der Waals surface area contributed by atoms with E-state index >= 15 is 0 Å². The summed E-state index contributed by atoms with van der Waals surface area (Å²) in [5, 5.41) is 14.7. The summed E-state index contributed by atoms with van der Waals surface area (Å²) in [6.45, 7) is 2.22. The number of carbonyl (C=O) groups excluding carboxylic acids is 2. The third kappa shape index (κ3) is 5.58. The van der Waals surface area contributed by atoms with Gasteiger partial charge in [0.25, 0.3) is 0 Å². The van der Waals surface area contributed by atoms with Gasteiger partial charge in [-0.25, -0.2) is 4.79 Å². The van der Waals surface area contributed by atoms with E-state index in [1.165, 1.54) is 22.3 Å². The fourth-order valence-corrected chi connectivity index (χ4v) is 5.05. The van der Waals surface area contributed by atoms with Crippen LogP contribution in [0.2, 0.25) is 0 Å². The standard InChI is InChI=1S/C27H32N2O5/c1-2-18(11-12-26(31)32)28-25(30)15-17-13-19(14-17)29-27(33)34-16-24-22-9-5-3-7-20(22)21-8-4-6-10-23(21)24/h3-10,17-19,24H,2,11-16H2,1H3,(H,28,30)(H,29,33)(H,31,32). The zero-order valence-corrected chi connectivity index (χ0v) is 19.5. The molecule has 34 heavy (non-hydrogen) atoms. The number of aliphatic carboxylic acids is 1. The summed E-state index contributed by atoms with van der Waals surface area (Å²) in [6, 6.07) is 16.4. The molecule has 180 valence electrons. The Labute approximate surface area is 199 Å². The highest BCUT2D eigenvalue weighted by atomic mass is 16.5. The Morgan fingerprint density at radius 3 is 2.24 bits per heavy atom. The molecule has 1 unspecified atom stereocenters. The molecule has 2 aliphatic rings. The highest BCUT2D eigenvalue weighted by molar-refractivity contribution is 5.79.